The summed E-state index contributed by atoms with van der Waals surface area (Å²) in [7, 11) is 0. The third-order valence-electron chi connectivity index (χ3n) is 3.08. The Morgan fingerprint density at radius 3 is 2.50 bits per heavy atom. The predicted octanol–water partition coefficient (Wildman–Crippen LogP) is 4.46. The van der Waals surface area contributed by atoms with E-state index in [0.717, 1.165) is 18.4 Å². The van der Waals surface area contributed by atoms with Crippen LogP contribution >= 0.6 is 0 Å². The molecule has 1 aromatic carbocycles. The number of hydrogen-bond acceptors (Lipinski definition) is 2. The number of benzene rings is 1. The van der Waals surface area contributed by atoms with Gasteiger partial charge in [0.05, 0.1) is 6.61 Å². The van der Waals surface area contributed by atoms with Crippen molar-refractivity contribution in [1.82, 2.24) is 0 Å². The maximum absolute atomic E-state index is 13.5. The van der Waals surface area contributed by atoms with Gasteiger partial charge in [0.2, 0.25) is 0 Å². The van der Waals surface area contributed by atoms with Crippen molar-refractivity contribution < 1.29 is 9.13 Å². The molecule has 0 heterocycles. The fraction of sp³-hybridized carbons (Fsp3) is 0.600. The Morgan fingerprint density at radius 2 is 1.78 bits per heavy atom. The molecule has 0 aromatic heterocycles. The molecule has 0 fully saturated rings. The van der Waals surface area contributed by atoms with Gasteiger partial charge in [0.25, 0.3) is 0 Å². The van der Waals surface area contributed by atoms with Gasteiger partial charge in [-0.15, -0.1) is 0 Å². The maximum Gasteiger partial charge on any atom is 0.167 e. The van der Waals surface area contributed by atoms with Crippen LogP contribution in [0, 0.1) is 12.7 Å². The van der Waals surface area contributed by atoms with E-state index in [-0.39, 0.29) is 5.82 Å². The van der Waals surface area contributed by atoms with Crippen LogP contribution in [0.2, 0.25) is 0 Å². The van der Waals surface area contributed by atoms with Crippen molar-refractivity contribution in [3.05, 3.63) is 23.5 Å². The summed E-state index contributed by atoms with van der Waals surface area (Å²) >= 11 is 0. The van der Waals surface area contributed by atoms with Gasteiger partial charge in [-0.3, -0.25) is 0 Å². The van der Waals surface area contributed by atoms with Crippen LogP contribution in [-0.4, -0.2) is 6.61 Å². The first-order valence-electron chi connectivity index (χ1n) is 6.83. The zero-order valence-corrected chi connectivity index (χ0v) is 11.5. The summed E-state index contributed by atoms with van der Waals surface area (Å²) in [6.45, 7) is 4.63. The molecular formula is C15H24FNO. The zero-order chi connectivity index (χ0) is 13.4. The highest BCUT2D eigenvalue weighted by Crippen LogP contribution is 2.23. The van der Waals surface area contributed by atoms with E-state index < -0.39 is 0 Å². The quantitative estimate of drug-likeness (QED) is 0.548. The second-order valence-electron chi connectivity index (χ2n) is 4.76. The Morgan fingerprint density at radius 1 is 1.11 bits per heavy atom. The lowest BCUT2D eigenvalue weighted by Crippen LogP contribution is -2.01. The van der Waals surface area contributed by atoms with Gasteiger partial charge in [-0.05, 0) is 25.0 Å². The van der Waals surface area contributed by atoms with Crippen molar-refractivity contribution in [2.45, 2.75) is 52.4 Å². The van der Waals surface area contributed by atoms with Gasteiger partial charge in [-0.2, -0.15) is 0 Å². The molecule has 0 spiro atoms. The number of nitrogen functional groups attached to an aromatic ring is 1. The highest BCUT2D eigenvalue weighted by atomic mass is 19.1. The van der Waals surface area contributed by atoms with Gasteiger partial charge < -0.3 is 10.5 Å². The summed E-state index contributed by atoms with van der Waals surface area (Å²) in [5.41, 5.74) is 6.94. The van der Waals surface area contributed by atoms with Crippen molar-refractivity contribution in [3.63, 3.8) is 0 Å². The summed E-state index contributed by atoms with van der Waals surface area (Å²) in [6, 6.07) is 2.99. The molecule has 0 aliphatic heterocycles. The van der Waals surface area contributed by atoms with Gasteiger partial charge in [-0.1, -0.05) is 39.0 Å². The van der Waals surface area contributed by atoms with E-state index in [4.69, 9.17) is 10.5 Å². The topological polar surface area (TPSA) is 35.2 Å². The lowest BCUT2D eigenvalue weighted by atomic mass is 10.1. The van der Waals surface area contributed by atoms with Crippen LogP contribution in [0.25, 0.3) is 0 Å². The number of hydrogen-bond donors (Lipinski definition) is 1. The molecule has 0 aliphatic rings. The monoisotopic (exact) mass is 253 g/mol. The summed E-state index contributed by atoms with van der Waals surface area (Å²) in [6.07, 6.45) is 7.20. The van der Waals surface area contributed by atoms with Crippen molar-refractivity contribution in [2.24, 2.45) is 0 Å². The van der Waals surface area contributed by atoms with Gasteiger partial charge in [-0.25, -0.2) is 4.39 Å². The Hall–Kier alpha value is -1.25. The maximum atomic E-state index is 13.5. The number of rotatable bonds is 8. The van der Waals surface area contributed by atoms with Crippen molar-refractivity contribution in [1.29, 1.82) is 0 Å². The molecule has 2 N–H and O–H groups in total. The fourth-order valence-electron chi connectivity index (χ4n) is 1.85. The first-order chi connectivity index (χ1) is 8.65. The molecule has 1 aromatic rings. The largest absolute Gasteiger partial charge is 0.491 e. The molecule has 2 nitrogen and oxygen atoms in total. The Bertz CT molecular complexity index is 366. The van der Waals surface area contributed by atoms with E-state index in [1.165, 1.54) is 31.7 Å². The number of unbranched alkanes of at least 4 members (excludes halogenated alkanes) is 5. The Balaban J connectivity index is 2.25. The van der Waals surface area contributed by atoms with E-state index in [1.54, 1.807) is 6.07 Å². The Labute approximate surface area is 109 Å². The molecule has 0 saturated heterocycles. The smallest absolute Gasteiger partial charge is 0.167 e. The minimum absolute atomic E-state index is 0.315. The lowest BCUT2D eigenvalue weighted by molar-refractivity contribution is 0.290. The summed E-state index contributed by atoms with van der Waals surface area (Å²) in [5.74, 6) is -0.0562. The first-order valence-corrected chi connectivity index (χ1v) is 6.83. The minimum Gasteiger partial charge on any atom is -0.491 e. The van der Waals surface area contributed by atoms with Gasteiger partial charge in [0, 0.05) is 11.8 Å². The van der Waals surface area contributed by atoms with E-state index in [1.807, 2.05) is 6.92 Å². The highest BCUT2D eigenvalue weighted by Gasteiger charge is 2.06. The molecule has 0 radical (unpaired) electrons. The molecule has 0 atom stereocenters. The van der Waals surface area contributed by atoms with Gasteiger partial charge in [0.15, 0.2) is 11.6 Å². The number of halogens is 1. The molecule has 0 bridgehead atoms. The molecule has 3 heteroatoms. The van der Waals surface area contributed by atoms with Gasteiger partial charge in [0.1, 0.15) is 0 Å². The van der Waals surface area contributed by atoms with Crippen LogP contribution < -0.4 is 10.5 Å². The third kappa shape index (κ3) is 4.94. The molecule has 0 saturated carbocycles. The fourth-order valence-corrected chi connectivity index (χ4v) is 1.85. The molecule has 0 aliphatic carbocycles. The summed E-state index contributed by atoms with van der Waals surface area (Å²) < 4.78 is 18.9. The van der Waals surface area contributed by atoms with Crippen LogP contribution in [-0.2, 0) is 0 Å². The van der Waals surface area contributed by atoms with E-state index in [2.05, 4.69) is 6.92 Å². The van der Waals surface area contributed by atoms with Crippen molar-refractivity contribution in [3.8, 4) is 5.75 Å². The molecular weight excluding hydrogens is 229 g/mol. The summed E-state index contributed by atoms with van der Waals surface area (Å²) in [5, 5.41) is 0. The van der Waals surface area contributed by atoms with E-state index >= 15 is 0 Å². The number of ether oxygens (including phenoxy) is 1. The molecule has 102 valence electrons. The highest BCUT2D eigenvalue weighted by molar-refractivity contribution is 5.50. The van der Waals surface area contributed by atoms with Crippen LogP contribution in [0.3, 0.4) is 0 Å². The number of anilines is 1. The van der Waals surface area contributed by atoms with Crippen LogP contribution in [0.4, 0.5) is 10.1 Å². The molecule has 0 unspecified atom stereocenters. The number of nitrogens with two attached hydrogens (primary N) is 1. The standard InChI is InChI=1S/C15H24FNO/c1-3-4-5-6-7-8-9-18-15-10-12(2)14(17)11-13(15)16/h10-11H,3-9,17H2,1-2H3. The van der Waals surface area contributed by atoms with Crippen molar-refractivity contribution >= 4 is 5.69 Å². The van der Waals surface area contributed by atoms with Gasteiger partial charge >= 0.3 is 0 Å². The number of aryl methyl sites for hydroxylation is 1. The third-order valence-corrected chi connectivity index (χ3v) is 3.08. The SMILES string of the molecule is CCCCCCCCOc1cc(C)c(N)cc1F. The average molecular weight is 253 g/mol. The molecule has 1 rings (SSSR count). The second-order valence-corrected chi connectivity index (χ2v) is 4.76. The zero-order valence-electron chi connectivity index (χ0n) is 11.5. The predicted molar refractivity (Wildman–Crippen MR) is 74.4 cm³/mol. The molecule has 0 amide bonds. The summed E-state index contributed by atoms with van der Waals surface area (Å²) in [4.78, 5) is 0. The van der Waals surface area contributed by atoms with E-state index in [9.17, 15) is 4.39 Å². The molecule has 18 heavy (non-hydrogen) atoms. The van der Waals surface area contributed by atoms with Crippen molar-refractivity contribution in [2.75, 3.05) is 12.3 Å². The first kappa shape index (κ1) is 14.8. The normalized spacial score (nSPS) is 10.6. The Kier molecular flexibility index (Phi) is 6.55. The van der Waals surface area contributed by atoms with Crippen LogP contribution in [0.5, 0.6) is 5.75 Å². The average Bonchev–Trinajstić information content (AvgIpc) is 2.34. The van der Waals surface area contributed by atoms with E-state index in [0.29, 0.717) is 18.0 Å². The van der Waals surface area contributed by atoms with Crippen LogP contribution in [0.15, 0.2) is 12.1 Å². The lowest BCUT2D eigenvalue weighted by Gasteiger charge is -2.09. The minimum atomic E-state index is -0.371. The second kappa shape index (κ2) is 7.96. The van der Waals surface area contributed by atoms with Crippen LogP contribution in [0.1, 0.15) is 51.0 Å².